The molecule has 0 saturated carbocycles. The van der Waals surface area contributed by atoms with Crippen LogP contribution in [0.15, 0.2) is 30.3 Å². The third-order valence-electron chi connectivity index (χ3n) is 3.69. The van der Waals surface area contributed by atoms with Gasteiger partial charge in [0.25, 0.3) is 0 Å². The number of ether oxygens (including phenoxy) is 1. The van der Waals surface area contributed by atoms with Gasteiger partial charge in [0.05, 0.1) is 5.69 Å². The van der Waals surface area contributed by atoms with Crippen molar-refractivity contribution in [3.8, 4) is 5.75 Å². The molecule has 0 unspecified atom stereocenters. The summed E-state index contributed by atoms with van der Waals surface area (Å²) in [5.74, 6) is -3.82. The maximum absolute atomic E-state index is 13.5. The third-order valence-corrected chi connectivity index (χ3v) is 3.69. The Bertz CT molecular complexity index is 817. The topological polar surface area (TPSA) is 50.4 Å². The first-order valence-corrected chi connectivity index (χ1v) is 8.02. The number of rotatable bonds is 4. The molecule has 26 heavy (non-hydrogen) atoms. The number of nitrogens with one attached hydrogen (secondary N) is 2. The minimum absolute atomic E-state index is 0.154. The van der Waals surface area contributed by atoms with Gasteiger partial charge in [0, 0.05) is 0 Å². The zero-order valence-corrected chi connectivity index (χ0v) is 15.0. The lowest BCUT2D eigenvalue weighted by Gasteiger charge is -2.23. The van der Waals surface area contributed by atoms with Crippen molar-refractivity contribution in [1.29, 1.82) is 0 Å². The monoisotopic (exact) mass is 366 g/mol. The number of halogens is 3. The molecule has 0 saturated heterocycles. The van der Waals surface area contributed by atoms with E-state index in [9.17, 15) is 18.0 Å². The fraction of sp³-hybridized carbons (Fsp3) is 0.316. The maximum Gasteiger partial charge on any atom is 0.321 e. The molecule has 2 aromatic rings. The standard InChI is InChI=1S/C19H21F3N2O2/c1-11-5-8-15(12(9-11)19(2,3)4)26-10-23-18(25)24-14-7-6-13(20)16(21)17(14)22/h5-9H,10H2,1-4H3,(H2,23,24,25). The van der Waals surface area contributed by atoms with Crippen molar-refractivity contribution in [2.45, 2.75) is 33.1 Å². The van der Waals surface area contributed by atoms with E-state index in [2.05, 4.69) is 10.6 Å². The van der Waals surface area contributed by atoms with Gasteiger partial charge in [-0.15, -0.1) is 0 Å². The maximum atomic E-state index is 13.5. The van der Waals surface area contributed by atoms with Gasteiger partial charge in [-0.1, -0.05) is 38.5 Å². The number of urea groups is 1. The summed E-state index contributed by atoms with van der Waals surface area (Å²) < 4.78 is 45.2. The lowest BCUT2D eigenvalue weighted by molar-refractivity contribution is 0.233. The average Bonchev–Trinajstić information content (AvgIpc) is 2.56. The number of anilines is 1. The van der Waals surface area contributed by atoms with Crippen LogP contribution in [0, 0.1) is 24.4 Å². The molecule has 0 radical (unpaired) electrons. The van der Waals surface area contributed by atoms with Crippen molar-refractivity contribution in [1.82, 2.24) is 5.32 Å². The molecule has 7 heteroatoms. The van der Waals surface area contributed by atoms with E-state index in [0.717, 1.165) is 23.3 Å². The van der Waals surface area contributed by atoms with Gasteiger partial charge in [-0.2, -0.15) is 0 Å². The smallest absolute Gasteiger partial charge is 0.321 e. The Morgan fingerprint density at radius 3 is 2.42 bits per heavy atom. The van der Waals surface area contributed by atoms with Gasteiger partial charge < -0.3 is 15.4 Å². The Labute approximate surface area is 150 Å². The van der Waals surface area contributed by atoms with Crippen molar-refractivity contribution in [3.63, 3.8) is 0 Å². The minimum Gasteiger partial charge on any atom is -0.473 e. The van der Waals surface area contributed by atoms with E-state index >= 15 is 0 Å². The number of carbonyl (C=O) groups is 1. The molecule has 0 bridgehead atoms. The van der Waals surface area contributed by atoms with Crippen LogP contribution in [0.25, 0.3) is 0 Å². The van der Waals surface area contributed by atoms with Gasteiger partial charge in [-0.25, -0.2) is 18.0 Å². The number of hydrogen-bond donors (Lipinski definition) is 2. The normalized spacial score (nSPS) is 11.2. The summed E-state index contributed by atoms with van der Waals surface area (Å²) in [6.07, 6.45) is 0. The van der Waals surface area contributed by atoms with Gasteiger partial charge >= 0.3 is 6.03 Å². The second-order valence-corrected chi connectivity index (χ2v) is 6.89. The van der Waals surface area contributed by atoms with Gasteiger partial charge in [0.1, 0.15) is 5.75 Å². The molecule has 0 atom stereocenters. The third kappa shape index (κ3) is 4.68. The molecule has 2 rings (SSSR count). The van der Waals surface area contributed by atoms with E-state index in [1.807, 2.05) is 45.9 Å². The number of benzene rings is 2. The molecule has 4 nitrogen and oxygen atoms in total. The molecule has 0 aromatic heterocycles. The Morgan fingerprint density at radius 2 is 1.77 bits per heavy atom. The van der Waals surface area contributed by atoms with E-state index in [1.165, 1.54) is 0 Å². The lowest BCUT2D eigenvalue weighted by atomic mass is 9.85. The minimum atomic E-state index is -1.64. The second-order valence-electron chi connectivity index (χ2n) is 6.89. The van der Waals surface area contributed by atoms with Crippen LogP contribution in [0.1, 0.15) is 31.9 Å². The van der Waals surface area contributed by atoms with Crippen molar-refractivity contribution < 1.29 is 22.7 Å². The number of aryl methyl sites for hydroxylation is 1. The van der Waals surface area contributed by atoms with Crippen molar-refractivity contribution in [3.05, 3.63) is 58.9 Å². The first-order valence-electron chi connectivity index (χ1n) is 8.02. The van der Waals surface area contributed by atoms with Crippen LogP contribution in [0.3, 0.4) is 0 Å². The molecular weight excluding hydrogens is 345 g/mol. The van der Waals surface area contributed by atoms with Crippen molar-refractivity contribution in [2.24, 2.45) is 0 Å². The fourth-order valence-electron chi connectivity index (χ4n) is 2.32. The van der Waals surface area contributed by atoms with Crippen LogP contribution in [0.4, 0.5) is 23.7 Å². The molecular formula is C19H21F3N2O2. The Morgan fingerprint density at radius 1 is 1.08 bits per heavy atom. The van der Waals surface area contributed by atoms with Gasteiger partial charge in [0.2, 0.25) is 0 Å². The summed E-state index contributed by atoms with van der Waals surface area (Å²) >= 11 is 0. The van der Waals surface area contributed by atoms with E-state index < -0.39 is 29.2 Å². The van der Waals surface area contributed by atoms with E-state index in [-0.39, 0.29) is 12.1 Å². The highest BCUT2D eigenvalue weighted by Crippen LogP contribution is 2.32. The van der Waals surface area contributed by atoms with Crippen LogP contribution in [-0.4, -0.2) is 12.8 Å². The molecule has 0 fully saturated rings. The predicted molar refractivity (Wildman–Crippen MR) is 93.8 cm³/mol. The van der Waals surface area contributed by atoms with Gasteiger partial charge in [-0.05, 0) is 36.1 Å². The predicted octanol–water partition coefficient (Wildman–Crippen LogP) is 4.87. The highest BCUT2D eigenvalue weighted by atomic mass is 19.2. The molecule has 2 N–H and O–H groups in total. The van der Waals surface area contributed by atoms with Crippen molar-refractivity contribution >= 4 is 11.7 Å². The van der Waals surface area contributed by atoms with Crippen LogP contribution in [-0.2, 0) is 5.41 Å². The molecule has 0 aliphatic heterocycles. The highest BCUT2D eigenvalue weighted by Gasteiger charge is 2.19. The number of hydrogen-bond acceptors (Lipinski definition) is 2. The SMILES string of the molecule is Cc1ccc(OCNC(=O)Nc2ccc(F)c(F)c2F)c(C(C)(C)C)c1. The summed E-state index contributed by atoms with van der Waals surface area (Å²) in [5.41, 5.74) is 1.44. The summed E-state index contributed by atoms with van der Waals surface area (Å²) in [5, 5.41) is 4.49. The molecule has 0 heterocycles. The summed E-state index contributed by atoms with van der Waals surface area (Å²) in [7, 11) is 0. The van der Waals surface area contributed by atoms with E-state index in [0.29, 0.717) is 5.75 Å². The first-order chi connectivity index (χ1) is 12.1. The largest absolute Gasteiger partial charge is 0.473 e. The molecule has 0 aliphatic carbocycles. The number of carbonyl (C=O) groups excluding carboxylic acids is 1. The molecule has 0 aliphatic rings. The number of amides is 2. The zero-order valence-electron chi connectivity index (χ0n) is 15.0. The molecule has 2 aromatic carbocycles. The van der Waals surface area contributed by atoms with Gasteiger partial charge in [-0.3, -0.25) is 0 Å². The van der Waals surface area contributed by atoms with Crippen LogP contribution < -0.4 is 15.4 Å². The average molecular weight is 366 g/mol. The van der Waals surface area contributed by atoms with Gasteiger partial charge in [0.15, 0.2) is 24.2 Å². The Kier molecular flexibility index (Phi) is 5.79. The Balaban J connectivity index is 1.99. The lowest BCUT2D eigenvalue weighted by Crippen LogP contribution is -2.32. The summed E-state index contributed by atoms with van der Waals surface area (Å²) in [6.45, 7) is 7.92. The highest BCUT2D eigenvalue weighted by molar-refractivity contribution is 5.89. The zero-order chi connectivity index (χ0) is 19.5. The molecule has 140 valence electrons. The fourth-order valence-corrected chi connectivity index (χ4v) is 2.32. The van der Waals surface area contributed by atoms with E-state index in [1.54, 1.807) is 0 Å². The van der Waals surface area contributed by atoms with Crippen LogP contribution in [0.2, 0.25) is 0 Å². The van der Waals surface area contributed by atoms with Crippen LogP contribution in [0.5, 0.6) is 5.75 Å². The summed E-state index contributed by atoms with van der Waals surface area (Å²) in [6, 6.07) is 6.57. The summed E-state index contributed by atoms with van der Waals surface area (Å²) in [4.78, 5) is 11.8. The first kappa shape index (κ1) is 19.6. The quantitative estimate of drug-likeness (QED) is 0.599. The second kappa shape index (κ2) is 7.68. The Hall–Kier alpha value is -2.70. The molecule has 2 amide bonds. The van der Waals surface area contributed by atoms with Crippen molar-refractivity contribution in [2.75, 3.05) is 12.0 Å². The molecule has 0 spiro atoms. The van der Waals surface area contributed by atoms with E-state index in [4.69, 9.17) is 4.74 Å². The van der Waals surface area contributed by atoms with Crippen LogP contribution >= 0.6 is 0 Å².